The lowest BCUT2D eigenvalue weighted by molar-refractivity contribution is -0.126. The van der Waals surface area contributed by atoms with Crippen molar-refractivity contribution in [2.24, 2.45) is 5.92 Å². The number of rotatable bonds is 7. The normalized spacial score (nSPS) is 15.4. The van der Waals surface area contributed by atoms with E-state index in [1.807, 2.05) is 6.92 Å². The molecule has 6 heteroatoms. The molecule has 0 radical (unpaired) electrons. The molecule has 0 spiro atoms. The fourth-order valence-corrected chi connectivity index (χ4v) is 3.25. The van der Waals surface area contributed by atoms with Crippen molar-refractivity contribution in [1.82, 2.24) is 5.32 Å². The maximum atomic E-state index is 12.7. The van der Waals surface area contributed by atoms with Gasteiger partial charge in [0.05, 0.1) is 0 Å². The first-order valence-electron chi connectivity index (χ1n) is 8.97. The zero-order chi connectivity index (χ0) is 18.2. The first kappa shape index (κ1) is 19.0. The van der Waals surface area contributed by atoms with E-state index in [4.69, 9.17) is 0 Å². The van der Waals surface area contributed by atoms with Crippen LogP contribution in [0.3, 0.4) is 0 Å². The predicted molar refractivity (Wildman–Crippen MR) is 98.2 cm³/mol. The smallest absolute Gasteiger partial charge is 0.247 e. The maximum Gasteiger partial charge on any atom is 0.247 e. The average Bonchev–Trinajstić information content (AvgIpc) is 3.07. The molecule has 1 aromatic carbocycles. The summed E-state index contributed by atoms with van der Waals surface area (Å²) in [6.07, 6.45) is 5.32. The summed E-state index contributed by atoms with van der Waals surface area (Å²) in [7, 11) is 0. The Bertz CT molecular complexity index is 624. The number of amides is 3. The molecule has 6 nitrogen and oxygen atoms in total. The molecule has 0 bridgehead atoms. The van der Waals surface area contributed by atoms with Crippen molar-refractivity contribution in [2.75, 3.05) is 10.6 Å². The van der Waals surface area contributed by atoms with Gasteiger partial charge in [0.25, 0.3) is 0 Å². The van der Waals surface area contributed by atoms with E-state index in [2.05, 4.69) is 16.0 Å². The summed E-state index contributed by atoms with van der Waals surface area (Å²) in [5, 5.41) is 8.46. The lowest BCUT2D eigenvalue weighted by Crippen LogP contribution is -2.47. The van der Waals surface area contributed by atoms with Gasteiger partial charge in [-0.2, -0.15) is 0 Å². The molecule has 1 saturated carbocycles. The van der Waals surface area contributed by atoms with Crippen LogP contribution in [0.2, 0.25) is 0 Å². The molecule has 1 fully saturated rings. The van der Waals surface area contributed by atoms with E-state index in [0.29, 0.717) is 17.8 Å². The van der Waals surface area contributed by atoms with Crippen LogP contribution < -0.4 is 16.0 Å². The number of carbonyl (C=O) groups is 3. The number of carbonyl (C=O) groups excluding carboxylic acids is 3. The van der Waals surface area contributed by atoms with E-state index in [1.165, 1.54) is 6.92 Å². The van der Waals surface area contributed by atoms with Crippen molar-refractivity contribution in [3.8, 4) is 0 Å². The monoisotopic (exact) mass is 345 g/mol. The number of hydrogen-bond donors (Lipinski definition) is 3. The van der Waals surface area contributed by atoms with Gasteiger partial charge in [-0.15, -0.1) is 0 Å². The fourth-order valence-electron chi connectivity index (χ4n) is 3.25. The van der Waals surface area contributed by atoms with E-state index < -0.39 is 6.04 Å². The largest absolute Gasteiger partial charge is 0.344 e. The number of nitrogens with one attached hydrogen (secondary N) is 3. The number of benzene rings is 1. The standard InChI is InChI=1S/C19H27N3O3/c1-3-7-17(24)21-15-10-6-11-16(12-15)22-19(25)18(20-13(2)23)14-8-4-5-9-14/h6,10-12,14,18H,3-5,7-9H2,1-2H3,(H,20,23)(H,21,24)(H,22,25). The Kier molecular flexibility index (Phi) is 6.98. The topological polar surface area (TPSA) is 87.3 Å². The Hall–Kier alpha value is -2.37. The van der Waals surface area contributed by atoms with Gasteiger partial charge >= 0.3 is 0 Å². The highest BCUT2D eigenvalue weighted by Gasteiger charge is 2.31. The molecule has 0 saturated heterocycles. The highest BCUT2D eigenvalue weighted by Crippen LogP contribution is 2.28. The summed E-state index contributed by atoms with van der Waals surface area (Å²) < 4.78 is 0. The zero-order valence-electron chi connectivity index (χ0n) is 14.9. The number of anilines is 2. The molecule has 25 heavy (non-hydrogen) atoms. The van der Waals surface area contributed by atoms with Crippen LogP contribution in [0.5, 0.6) is 0 Å². The second-order valence-corrected chi connectivity index (χ2v) is 6.59. The Balaban J connectivity index is 2.04. The van der Waals surface area contributed by atoms with Crippen LogP contribution in [0.15, 0.2) is 24.3 Å². The van der Waals surface area contributed by atoms with Crippen LogP contribution in [-0.4, -0.2) is 23.8 Å². The molecule has 1 aliphatic rings. The summed E-state index contributed by atoms with van der Waals surface area (Å²) in [5.41, 5.74) is 1.25. The Morgan fingerprint density at radius 2 is 1.76 bits per heavy atom. The molecule has 0 aromatic heterocycles. The van der Waals surface area contributed by atoms with Gasteiger partial charge in [-0.05, 0) is 43.4 Å². The maximum absolute atomic E-state index is 12.7. The second kappa shape index (κ2) is 9.20. The van der Waals surface area contributed by atoms with Gasteiger partial charge in [-0.3, -0.25) is 14.4 Å². The van der Waals surface area contributed by atoms with Gasteiger partial charge in [0, 0.05) is 24.7 Å². The molecule has 0 heterocycles. The van der Waals surface area contributed by atoms with Gasteiger partial charge in [-0.1, -0.05) is 25.8 Å². The van der Waals surface area contributed by atoms with Gasteiger partial charge in [0.1, 0.15) is 6.04 Å². The van der Waals surface area contributed by atoms with E-state index in [1.54, 1.807) is 24.3 Å². The Labute approximate surface area is 148 Å². The first-order chi connectivity index (χ1) is 12.0. The molecule has 136 valence electrons. The van der Waals surface area contributed by atoms with E-state index in [-0.39, 0.29) is 23.6 Å². The molecule has 0 aliphatic heterocycles. The second-order valence-electron chi connectivity index (χ2n) is 6.59. The highest BCUT2D eigenvalue weighted by molar-refractivity contribution is 5.98. The van der Waals surface area contributed by atoms with Crippen molar-refractivity contribution in [3.05, 3.63) is 24.3 Å². The molecule has 3 amide bonds. The summed E-state index contributed by atoms with van der Waals surface area (Å²) in [6.45, 7) is 3.38. The van der Waals surface area contributed by atoms with Crippen molar-refractivity contribution in [1.29, 1.82) is 0 Å². The molecule has 2 rings (SSSR count). The lowest BCUT2D eigenvalue weighted by atomic mass is 9.97. The van der Waals surface area contributed by atoms with Crippen molar-refractivity contribution < 1.29 is 14.4 Å². The van der Waals surface area contributed by atoms with E-state index in [9.17, 15) is 14.4 Å². The first-order valence-corrected chi connectivity index (χ1v) is 8.97. The van der Waals surface area contributed by atoms with E-state index in [0.717, 1.165) is 32.1 Å². The molecule has 1 aliphatic carbocycles. The fraction of sp³-hybridized carbons (Fsp3) is 0.526. The highest BCUT2D eigenvalue weighted by atomic mass is 16.2. The zero-order valence-corrected chi connectivity index (χ0v) is 14.9. The van der Waals surface area contributed by atoms with Crippen molar-refractivity contribution in [3.63, 3.8) is 0 Å². The lowest BCUT2D eigenvalue weighted by Gasteiger charge is -2.23. The minimum Gasteiger partial charge on any atom is -0.344 e. The predicted octanol–water partition coefficient (Wildman–Crippen LogP) is 3.06. The van der Waals surface area contributed by atoms with Crippen LogP contribution in [0.1, 0.15) is 52.4 Å². The van der Waals surface area contributed by atoms with Crippen LogP contribution in [0.4, 0.5) is 11.4 Å². The number of hydrogen-bond acceptors (Lipinski definition) is 3. The SMILES string of the molecule is CCCC(=O)Nc1cccc(NC(=O)C(NC(C)=O)C2CCCC2)c1. The third-order valence-electron chi connectivity index (χ3n) is 4.40. The molecular weight excluding hydrogens is 318 g/mol. The van der Waals surface area contributed by atoms with Crippen LogP contribution in [0.25, 0.3) is 0 Å². The summed E-state index contributed by atoms with van der Waals surface area (Å²) in [4.78, 5) is 35.8. The van der Waals surface area contributed by atoms with Gasteiger partial charge in [-0.25, -0.2) is 0 Å². The van der Waals surface area contributed by atoms with Crippen molar-refractivity contribution >= 4 is 29.1 Å². The Morgan fingerprint density at radius 3 is 2.36 bits per heavy atom. The van der Waals surface area contributed by atoms with Crippen LogP contribution in [0, 0.1) is 5.92 Å². The third-order valence-corrected chi connectivity index (χ3v) is 4.40. The summed E-state index contributed by atoms with van der Waals surface area (Å²) in [6, 6.07) is 6.54. The quantitative estimate of drug-likeness (QED) is 0.710. The van der Waals surface area contributed by atoms with Gasteiger partial charge in [0.2, 0.25) is 17.7 Å². The van der Waals surface area contributed by atoms with Crippen molar-refractivity contribution in [2.45, 2.75) is 58.4 Å². The van der Waals surface area contributed by atoms with Crippen LogP contribution >= 0.6 is 0 Å². The van der Waals surface area contributed by atoms with E-state index >= 15 is 0 Å². The van der Waals surface area contributed by atoms with Crippen LogP contribution in [-0.2, 0) is 14.4 Å². The molecule has 1 unspecified atom stereocenters. The summed E-state index contributed by atoms with van der Waals surface area (Å²) in [5.74, 6) is -0.281. The van der Waals surface area contributed by atoms with Gasteiger partial charge in [0.15, 0.2) is 0 Å². The minimum atomic E-state index is -0.515. The van der Waals surface area contributed by atoms with Gasteiger partial charge < -0.3 is 16.0 Å². The molecule has 1 aromatic rings. The Morgan fingerprint density at radius 1 is 1.12 bits per heavy atom. The molecule has 3 N–H and O–H groups in total. The average molecular weight is 345 g/mol. The molecule has 1 atom stereocenters. The third kappa shape index (κ3) is 5.89. The minimum absolute atomic E-state index is 0.0481. The summed E-state index contributed by atoms with van der Waals surface area (Å²) >= 11 is 0. The molecular formula is C19H27N3O3.